The number of ether oxygens (including phenoxy) is 3. The number of alkyl halides is 7. The molecule has 0 saturated heterocycles. The molecule has 0 aromatic carbocycles. The van der Waals surface area contributed by atoms with Crippen molar-refractivity contribution in [2.45, 2.75) is 109 Å². The van der Waals surface area contributed by atoms with Crippen molar-refractivity contribution in [2.75, 3.05) is 19.8 Å². The molecule has 0 fully saturated rings. The van der Waals surface area contributed by atoms with E-state index < -0.39 is 49.2 Å². The minimum atomic E-state index is -4.98. The standard InChI is InChI=1S/C21H37F7O3/c1-5-9-10-11-12-13-14-17(21(29-6-2,30-7-3)31-8-4)20(27,28)18(22,23)15-16-19(24,25)26/h17H,5-16H2,1-4H3. The number of hydrogen-bond donors (Lipinski definition) is 0. The van der Waals surface area contributed by atoms with Crippen LogP contribution in [-0.2, 0) is 14.2 Å². The minimum Gasteiger partial charge on any atom is -0.327 e. The van der Waals surface area contributed by atoms with Gasteiger partial charge >= 0.3 is 18.0 Å². The molecule has 0 saturated carbocycles. The van der Waals surface area contributed by atoms with E-state index in [0.717, 1.165) is 25.7 Å². The van der Waals surface area contributed by atoms with Gasteiger partial charge in [0.2, 0.25) is 0 Å². The van der Waals surface area contributed by atoms with Gasteiger partial charge in [-0.1, -0.05) is 45.4 Å². The molecule has 0 spiro atoms. The molecule has 0 aliphatic carbocycles. The van der Waals surface area contributed by atoms with E-state index in [1.165, 1.54) is 20.8 Å². The van der Waals surface area contributed by atoms with E-state index in [1.807, 2.05) is 6.92 Å². The molecule has 1 atom stereocenters. The molecule has 0 N–H and O–H groups in total. The fraction of sp³-hybridized carbons (Fsp3) is 1.00. The van der Waals surface area contributed by atoms with Crippen LogP contribution in [0.3, 0.4) is 0 Å². The first kappa shape index (κ1) is 30.4. The molecule has 0 heterocycles. The summed E-state index contributed by atoms with van der Waals surface area (Å²) >= 11 is 0. The largest absolute Gasteiger partial charge is 0.389 e. The summed E-state index contributed by atoms with van der Waals surface area (Å²) in [4.78, 5) is 0. The SMILES string of the molecule is CCCCCCCCC(C(OCC)(OCC)OCC)C(F)(F)C(F)(F)CCC(F)(F)F. The van der Waals surface area contributed by atoms with Crippen molar-refractivity contribution >= 4 is 0 Å². The molecule has 0 aromatic rings. The average molecular weight is 471 g/mol. The molecule has 0 aliphatic heterocycles. The summed E-state index contributed by atoms with van der Waals surface area (Å²) in [7, 11) is 0. The van der Waals surface area contributed by atoms with Gasteiger partial charge in [-0.3, -0.25) is 0 Å². The van der Waals surface area contributed by atoms with Gasteiger partial charge in [0, 0.05) is 32.7 Å². The highest BCUT2D eigenvalue weighted by Gasteiger charge is 2.67. The van der Waals surface area contributed by atoms with Crippen LogP contribution in [0.25, 0.3) is 0 Å². The Balaban J connectivity index is 5.87. The third-order valence-corrected chi connectivity index (χ3v) is 4.96. The molecule has 3 nitrogen and oxygen atoms in total. The Hall–Kier alpha value is -0.610. The molecule has 31 heavy (non-hydrogen) atoms. The zero-order valence-electron chi connectivity index (χ0n) is 18.9. The lowest BCUT2D eigenvalue weighted by Gasteiger charge is -2.44. The zero-order valence-corrected chi connectivity index (χ0v) is 18.9. The third-order valence-electron chi connectivity index (χ3n) is 4.96. The number of rotatable bonds is 18. The highest BCUT2D eigenvalue weighted by Crippen LogP contribution is 2.51. The van der Waals surface area contributed by atoms with Crippen LogP contribution in [-0.4, -0.2) is 43.8 Å². The van der Waals surface area contributed by atoms with Crippen LogP contribution in [0.4, 0.5) is 30.7 Å². The van der Waals surface area contributed by atoms with Crippen molar-refractivity contribution in [2.24, 2.45) is 5.92 Å². The first-order valence-electron chi connectivity index (χ1n) is 11.1. The normalized spacial score (nSPS) is 14.8. The predicted octanol–water partition coefficient (Wildman–Crippen LogP) is 7.73. The Kier molecular flexibility index (Phi) is 13.6. The molecule has 1 unspecified atom stereocenters. The second-order valence-electron chi connectivity index (χ2n) is 7.45. The lowest BCUT2D eigenvalue weighted by atomic mass is 9.86. The second kappa shape index (κ2) is 13.8. The highest BCUT2D eigenvalue weighted by atomic mass is 19.4. The van der Waals surface area contributed by atoms with Crippen LogP contribution < -0.4 is 0 Å². The maximum Gasteiger partial charge on any atom is 0.389 e. The van der Waals surface area contributed by atoms with Crippen LogP contribution in [0.2, 0.25) is 0 Å². The summed E-state index contributed by atoms with van der Waals surface area (Å²) in [6.45, 7) is 5.91. The van der Waals surface area contributed by atoms with Gasteiger partial charge in [-0.15, -0.1) is 0 Å². The van der Waals surface area contributed by atoms with E-state index in [4.69, 9.17) is 14.2 Å². The summed E-state index contributed by atoms with van der Waals surface area (Å²) in [6.07, 6.45) is -5.24. The molecule has 10 heteroatoms. The fourth-order valence-electron chi connectivity index (χ4n) is 3.46. The summed E-state index contributed by atoms with van der Waals surface area (Å²) in [6, 6.07) is 0. The molecule has 0 amide bonds. The monoisotopic (exact) mass is 470 g/mol. The first-order valence-corrected chi connectivity index (χ1v) is 11.1. The van der Waals surface area contributed by atoms with Crippen molar-refractivity contribution in [3.8, 4) is 0 Å². The summed E-state index contributed by atoms with van der Waals surface area (Å²) < 4.78 is 113. The quantitative estimate of drug-likeness (QED) is 0.117. The Morgan fingerprint density at radius 3 is 1.48 bits per heavy atom. The van der Waals surface area contributed by atoms with Gasteiger partial charge in [0.05, 0.1) is 0 Å². The summed E-state index contributed by atoms with van der Waals surface area (Å²) in [5.74, 6) is -14.5. The van der Waals surface area contributed by atoms with Crippen molar-refractivity contribution in [1.29, 1.82) is 0 Å². The molecule has 0 rings (SSSR count). The smallest absolute Gasteiger partial charge is 0.327 e. The van der Waals surface area contributed by atoms with Crippen LogP contribution in [0, 0.1) is 5.92 Å². The van der Waals surface area contributed by atoms with E-state index in [0.29, 0.717) is 6.42 Å². The zero-order chi connectivity index (χ0) is 24.2. The Bertz CT molecular complexity index is 453. The number of halogens is 7. The molecule has 188 valence electrons. The van der Waals surface area contributed by atoms with Gasteiger partial charge in [0.15, 0.2) is 0 Å². The van der Waals surface area contributed by atoms with E-state index >= 15 is 8.78 Å². The van der Waals surface area contributed by atoms with Crippen molar-refractivity contribution in [1.82, 2.24) is 0 Å². The van der Waals surface area contributed by atoms with Gasteiger partial charge in [0.1, 0.15) is 5.92 Å². The molecule has 0 bridgehead atoms. The number of unbranched alkanes of at least 4 members (excludes halogenated alkanes) is 5. The van der Waals surface area contributed by atoms with Crippen molar-refractivity contribution in [3.05, 3.63) is 0 Å². The summed E-state index contributed by atoms with van der Waals surface area (Å²) in [5, 5.41) is 0. The molecule has 0 radical (unpaired) electrons. The van der Waals surface area contributed by atoms with Crippen LogP contribution in [0.15, 0.2) is 0 Å². The van der Waals surface area contributed by atoms with Gasteiger partial charge in [-0.25, -0.2) is 0 Å². The van der Waals surface area contributed by atoms with Crippen molar-refractivity contribution in [3.63, 3.8) is 0 Å². The number of hydrogen-bond acceptors (Lipinski definition) is 3. The predicted molar refractivity (Wildman–Crippen MR) is 104 cm³/mol. The first-order chi connectivity index (χ1) is 14.3. The van der Waals surface area contributed by atoms with E-state index in [2.05, 4.69) is 0 Å². The molecular formula is C21H37F7O3. The van der Waals surface area contributed by atoms with Gasteiger partial charge in [-0.2, -0.15) is 30.7 Å². The van der Waals surface area contributed by atoms with Crippen molar-refractivity contribution < 1.29 is 44.9 Å². The third kappa shape index (κ3) is 9.82. The van der Waals surface area contributed by atoms with Crippen LogP contribution >= 0.6 is 0 Å². The van der Waals surface area contributed by atoms with Gasteiger partial charge < -0.3 is 14.2 Å². The van der Waals surface area contributed by atoms with E-state index in [-0.39, 0.29) is 26.2 Å². The molecule has 0 aromatic heterocycles. The Morgan fingerprint density at radius 1 is 0.613 bits per heavy atom. The Morgan fingerprint density at radius 2 is 1.06 bits per heavy atom. The summed E-state index contributed by atoms with van der Waals surface area (Å²) in [5.41, 5.74) is 0. The second-order valence-corrected chi connectivity index (χ2v) is 7.45. The van der Waals surface area contributed by atoms with Crippen LogP contribution in [0.1, 0.15) is 85.5 Å². The molecular weight excluding hydrogens is 433 g/mol. The van der Waals surface area contributed by atoms with Gasteiger partial charge in [0.25, 0.3) is 5.97 Å². The lowest BCUT2D eigenvalue weighted by Crippen LogP contribution is -2.59. The minimum absolute atomic E-state index is 0.161. The topological polar surface area (TPSA) is 27.7 Å². The van der Waals surface area contributed by atoms with E-state index in [9.17, 15) is 22.0 Å². The Labute approximate surface area is 181 Å². The maximum atomic E-state index is 15.2. The van der Waals surface area contributed by atoms with Crippen LogP contribution in [0.5, 0.6) is 0 Å². The van der Waals surface area contributed by atoms with E-state index in [1.54, 1.807) is 0 Å². The maximum absolute atomic E-state index is 15.2. The lowest BCUT2D eigenvalue weighted by molar-refractivity contribution is -0.436. The molecule has 0 aliphatic rings. The van der Waals surface area contributed by atoms with Gasteiger partial charge in [-0.05, 0) is 27.2 Å². The fourth-order valence-corrected chi connectivity index (χ4v) is 3.46. The average Bonchev–Trinajstić information content (AvgIpc) is 2.65. The highest BCUT2D eigenvalue weighted by molar-refractivity contribution is 4.95.